The Labute approximate surface area is 492 Å². The molecule has 20 nitrogen and oxygen atoms in total. The first-order valence-corrected chi connectivity index (χ1v) is 32.0. The molecule has 6 N–H and O–H groups in total. The highest BCUT2D eigenvalue weighted by molar-refractivity contribution is 7.90. The maximum absolute atomic E-state index is 13.3. The van der Waals surface area contributed by atoms with Crippen LogP contribution in [0.15, 0.2) is 53.4 Å². The summed E-state index contributed by atoms with van der Waals surface area (Å²) in [6, 6.07) is 13.7. The quantitative estimate of drug-likeness (QED) is 0.0353. The molecule has 3 aromatic carbocycles. The van der Waals surface area contributed by atoms with Crippen molar-refractivity contribution in [3.8, 4) is 0 Å². The van der Waals surface area contributed by atoms with Crippen molar-refractivity contribution in [1.82, 2.24) is 40.5 Å². The Morgan fingerprint density at radius 3 is 1.60 bits per heavy atom. The van der Waals surface area contributed by atoms with Crippen LogP contribution >= 0.6 is 46.4 Å². The molecule has 1 fully saturated rings. The van der Waals surface area contributed by atoms with Crippen LogP contribution in [0.1, 0.15) is 78.2 Å². The first-order valence-electron chi connectivity index (χ1n) is 27.4. The Bertz CT molecular complexity index is 2650. The number of urea groups is 2. The molecule has 2 aliphatic heterocycles. The number of nitrogens with one attached hydrogen (secondary N) is 6. The third-order valence-electron chi connectivity index (χ3n) is 14.1. The summed E-state index contributed by atoms with van der Waals surface area (Å²) in [4.78, 5) is 28.7. The highest BCUT2D eigenvalue weighted by atomic mass is 35.5. The number of likely N-dealkylation sites (N-methyl/N-ethyl adjacent to an activating group) is 2. The Balaban J connectivity index is 0.660. The number of nitrogens with zero attached hydrogens (tertiary/aromatic N) is 2. The van der Waals surface area contributed by atoms with E-state index in [9.17, 15) is 26.4 Å². The summed E-state index contributed by atoms with van der Waals surface area (Å²) in [7, 11) is -3.22. The number of fused-ring (bicyclic) bond motifs is 2. The summed E-state index contributed by atoms with van der Waals surface area (Å²) in [5, 5.41) is 13.0. The molecule has 3 aromatic rings. The van der Waals surface area contributed by atoms with Gasteiger partial charge in [-0.3, -0.25) is 0 Å². The summed E-state index contributed by atoms with van der Waals surface area (Å²) in [5.41, 5.74) is 5.09. The van der Waals surface area contributed by atoms with Crippen LogP contribution in [0.25, 0.3) is 0 Å². The summed E-state index contributed by atoms with van der Waals surface area (Å²) in [6.45, 7) is 8.42. The molecule has 80 heavy (non-hydrogen) atoms. The number of hydrogen-bond acceptors (Lipinski definition) is 14. The van der Waals surface area contributed by atoms with Crippen LogP contribution < -0.4 is 30.7 Å². The van der Waals surface area contributed by atoms with E-state index in [1.807, 2.05) is 25.2 Å². The first kappa shape index (κ1) is 66.0. The molecule has 4 amide bonds. The van der Waals surface area contributed by atoms with Crippen molar-refractivity contribution in [2.24, 2.45) is 5.92 Å². The van der Waals surface area contributed by atoms with Gasteiger partial charge in [-0.15, -0.1) is 0 Å². The highest BCUT2D eigenvalue weighted by Gasteiger charge is 2.38. The van der Waals surface area contributed by atoms with Gasteiger partial charge in [0.15, 0.2) is 0 Å². The lowest BCUT2D eigenvalue weighted by molar-refractivity contribution is 0.0165. The molecule has 1 aliphatic carbocycles. The molecule has 448 valence electrons. The van der Waals surface area contributed by atoms with Crippen molar-refractivity contribution in [3.63, 3.8) is 0 Å². The Kier molecular flexibility index (Phi) is 28.5. The van der Waals surface area contributed by atoms with Gasteiger partial charge >= 0.3 is 12.1 Å². The minimum Gasteiger partial charge on any atom is -0.378 e. The topological polar surface area (TPSA) is 236 Å². The van der Waals surface area contributed by atoms with E-state index in [1.54, 1.807) is 30.3 Å². The fourth-order valence-electron chi connectivity index (χ4n) is 10.2. The lowest BCUT2D eigenvalue weighted by atomic mass is 9.74. The predicted octanol–water partition coefficient (Wildman–Crippen LogP) is 6.34. The van der Waals surface area contributed by atoms with E-state index in [-0.39, 0.29) is 67.6 Å². The van der Waals surface area contributed by atoms with Crippen molar-refractivity contribution < 1.29 is 54.8 Å². The number of unbranched alkanes of at least 4 members (excludes halogenated alkanes) is 1. The van der Waals surface area contributed by atoms with E-state index < -0.39 is 25.3 Å². The van der Waals surface area contributed by atoms with E-state index in [1.165, 1.54) is 0 Å². The second-order valence-corrected chi connectivity index (χ2v) is 25.7. The van der Waals surface area contributed by atoms with Gasteiger partial charge in [0, 0.05) is 91.5 Å². The van der Waals surface area contributed by atoms with Gasteiger partial charge in [-0.05, 0) is 122 Å². The lowest BCUT2D eigenvalue weighted by Crippen LogP contribution is -2.42. The van der Waals surface area contributed by atoms with Crippen LogP contribution in [0.3, 0.4) is 0 Å². The maximum Gasteiger partial charge on any atom is 0.314 e. The predicted molar refractivity (Wildman–Crippen MR) is 311 cm³/mol. The van der Waals surface area contributed by atoms with Crippen molar-refractivity contribution >= 4 is 78.5 Å². The van der Waals surface area contributed by atoms with Crippen molar-refractivity contribution in [2.45, 2.75) is 73.6 Å². The van der Waals surface area contributed by atoms with Gasteiger partial charge in [0.2, 0.25) is 20.0 Å². The van der Waals surface area contributed by atoms with Gasteiger partial charge in [0.1, 0.15) is 0 Å². The van der Waals surface area contributed by atoms with Crippen LogP contribution in [0.2, 0.25) is 20.1 Å². The van der Waals surface area contributed by atoms with Crippen LogP contribution in [0.5, 0.6) is 0 Å². The van der Waals surface area contributed by atoms with E-state index in [2.05, 4.69) is 47.6 Å². The molecule has 0 bridgehead atoms. The molecular weight excluding hydrogens is 1160 g/mol. The fraction of sp³-hybridized carbons (Fsp3) is 0.630. The van der Waals surface area contributed by atoms with Gasteiger partial charge in [-0.1, -0.05) is 65.0 Å². The number of halogens is 4. The molecule has 2 heterocycles. The zero-order chi connectivity index (χ0) is 57.3. The number of carbonyl (C=O) groups is 2. The highest BCUT2D eigenvalue weighted by Crippen LogP contribution is 2.44. The smallest absolute Gasteiger partial charge is 0.314 e. The molecule has 0 spiro atoms. The summed E-state index contributed by atoms with van der Waals surface area (Å²) < 4.78 is 91.4. The largest absolute Gasteiger partial charge is 0.378 e. The second kappa shape index (κ2) is 34.6. The molecule has 6 rings (SSSR count). The Hall–Kier alpha value is -3.14. The average molecular weight is 1240 g/mol. The molecular formula is C54H80Cl4N8O12S2. The van der Waals surface area contributed by atoms with E-state index in [4.69, 9.17) is 74.8 Å². The second-order valence-electron chi connectivity index (χ2n) is 20.2. The van der Waals surface area contributed by atoms with Crippen molar-refractivity contribution in [3.05, 3.63) is 96.4 Å². The summed E-state index contributed by atoms with van der Waals surface area (Å²) in [6.07, 6.45) is 4.39. The van der Waals surface area contributed by atoms with Gasteiger partial charge in [-0.2, -0.15) is 0 Å². The van der Waals surface area contributed by atoms with Gasteiger partial charge in [0.05, 0.1) is 89.4 Å². The molecule has 0 radical (unpaired) electrons. The maximum atomic E-state index is 13.3. The zero-order valence-corrected chi connectivity index (χ0v) is 50.5. The SMILES string of the molecule is CN1Cc2c(Cl)cc(Cl)cc2[C@H](c2cccc(S(=O)(=O)NCCOCCOCCOCCNC(=O)NCCCCNC(=O)NCCOCCOCCOCCNS(=O)(=O)C3CCCC([C@@H]4CN(C)Cc5c(Cl)cc(Cl)cc54)C3)c2)C1. The third kappa shape index (κ3) is 22.1. The van der Waals surface area contributed by atoms with E-state index >= 15 is 0 Å². The number of ether oxygens (including phenoxy) is 6. The summed E-state index contributed by atoms with van der Waals surface area (Å²) in [5.74, 6) is 0.305. The normalized spacial score (nSPS) is 18.8. The van der Waals surface area contributed by atoms with Crippen LogP contribution in [-0.4, -0.2) is 190 Å². The number of hydrogen-bond donors (Lipinski definition) is 6. The minimum atomic E-state index is -3.78. The van der Waals surface area contributed by atoms with E-state index in [0.29, 0.717) is 145 Å². The first-order chi connectivity index (χ1) is 38.5. The lowest BCUT2D eigenvalue weighted by Gasteiger charge is -2.40. The molecule has 1 saturated carbocycles. The molecule has 4 atom stereocenters. The molecule has 26 heteroatoms. The Morgan fingerprint density at radius 2 is 1.04 bits per heavy atom. The van der Waals surface area contributed by atoms with Gasteiger partial charge in [0.25, 0.3) is 0 Å². The zero-order valence-electron chi connectivity index (χ0n) is 45.8. The van der Waals surface area contributed by atoms with Crippen molar-refractivity contribution in [2.75, 3.05) is 146 Å². The van der Waals surface area contributed by atoms with Crippen LogP contribution in [-0.2, 0) is 61.6 Å². The number of rotatable bonds is 35. The summed E-state index contributed by atoms with van der Waals surface area (Å²) >= 11 is 25.8. The molecule has 0 saturated heterocycles. The third-order valence-corrected chi connectivity index (χ3v) is 18.6. The average Bonchev–Trinajstić information content (AvgIpc) is 3.48. The minimum absolute atomic E-state index is 0.0883. The molecule has 0 aromatic heterocycles. The fourth-order valence-corrected chi connectivity index (χ4v) is 14.0. The molecule has 3 aliphatic rings. The number of amides is 4. The number of benzene rings is 3. The van der Waals surface area contributed by atoms with Gasteiger partial charge in [-0.25, -0.2) is 35.9 Å². The monoisotopic (exact) mass is 1240 g/mol. The standard InChI is InChI=1S/C54H80Cl4N8O12S2/c1-65-35-47(45-31-41(55)33-51(57)49(45)37-65)39-7-5-9-43(29-39)79(69,70)63-15-19-75-23-27-77-25-21-73-17-13-61-53(67)59-11-3-4-12-60-54(68)62-14-18-74-22-26-78-28-24-76-20-16-64-80(71,72)44-10-6-8-40(30-44)48-36-66(2)38-50-46(48)32-42(56)34-52(50)58/h5,7,9,29,31-34,40,44,47-48,63-64H,3-4,6,8,10-28,30,35-38H2,1-2H3,(H2,59,61,67)(H2,60,62,68)/t40?,44?,47-,48-/m0/s1. The number of carbonyl (C=O) groups excluding carboxylic acids is 2. The number of sulfonamides is 2. The Morgan fingerprint density at radius 1 is 0.562 bits per heavy atom. The van der Waals surface area contributed by atoms with Gasteiger partial charge < -0.3 is 59.5 Å². The van der Waals surface area contributed by atoms with E-state index in [0.717, 1.165) is 53.7 Å². The van der Waals surface area contributed by atoms with Crippen molar-refractivity contribution in [1.29, 1.82) is 0 Å². The van der Waals surface area contributed by atoms with Crippen LogP contribution in [0.4, 0.5) is 9.59 Å². The molecule has 2 unspecified atom stereocenters. The van der Waals surface area contributed by atoms with Crippen LogP contribution in [0, 0.1) is 5.92 Å².